The third-order valence-electron chi connectivity index (χ3n) is 7.27. The summed E-state index contributed by atoms with van der Waals surface area (Å²) in [4.78, 5) is 3.48. The number of H-pyrrole nitrogens is 1. The minimum Gasteiger partial charge on any atom is -0.390 e. The van der Waals surface area contributed by atoms with Gasteiger partial charge in [0.25, 0.3) is 0 Å². The van der Waals surface area contributed by atoms with Crippen molar-refractivity contribution in [2.24, 2.45) is 0 Å². The van der Waals surface area contributed by atoms with Crippen molar-refractivity contribution in [1.29, 1.82) is 0 Å². The second-order valence-electron chi connectivity index (χ2n) is 10.3. The number of aliphatic hydroxyl groups excluding tert-OH is 1. The molecule has 0 saturated carbocycles. The highest BCUT2D eigenvalue weighted by Gasteiger charge is 2.40. The molecular weight excluding hydrogens is 416 g/mol. The van der Waals surface area contributed by atoms with Crippen molar-refractivity contribution in [3.63, 3.8) is 0 Å². The number of aliphatic hydroxyl groups is 1. The van der Waals surface area contributed by atoms with Crippen LogP contribution in [0.1, 0.15) is 60.1 Å². The molecule has 4 aromatic rings. The van der Waals surface area contributed by atoms with Gasteiger partial charge in [-0.25, -0.2) is 0 Å². The Kier molecular flexibility index (Phi) is 5.30. The molecule has 172 valence electrons. The summed E-state index contributed by atoms with van der Waals surface area (Å²) >= 11 is 0. The number of nitrogens with one attached hydrogen (secondary N) is 2. The molecule has 5 rings (SSSR count). The van der Waals surface area contributed by atoms with Crippen LogP contribution in [-0.2, 0) is 0 Å². The van der Waals surface area contributed by atoms with Crippen LogP contribution in [0.25, 0.3) is 22.0 Å². The van der Waals surface area contributed by atoms with E-state index >= 15 is 0 Å². The normalized spacial score (nSPS) is 18.7. The third kappa shape index (κ3) is 3.59. The summed E-state index contributed by atoms with van der Waals surface area (Å²) in [5.74, 6) is 6.89. The summed E-state index contributed by atoms with van der Waals surface area (Å²) in [6.07, 6.45) is 1.53. The number of hydrogen-bond acceptors (Lipinski definition) is 2. The summed E-state index contributed by atoms with van der Waals surface area (Å²) in [7, 11) is 0. The highest BCUT2D eigenvalue weighted by Crippen LogP contribution is 2.46. The molecule has 0 amide bonds. The maximum atomic E-state index is 11.2. The average Bonchev–Trinajstić information content (AvgIpc) is 3.19. The molecule has 2 atom stereocenters. The van der Waals surface area contributed by atoms with Crippen molar-refractivity contribution in [3.8, 4) is 23.0 Å². The molecule has 0 saturated heterocycles. The van der Waals surface area contributed by atoms with E-state index in [0.29, 0.717) is 0 Å². The zero-order valence-electron chi connectivity index (χ0n) is 20.8. The van der Waals surface area contributed by atoms with Gasteiger partial charge < -0.3 is 15.4 Å². The van der Waals surface area contributed by atoms with Gasteiger partial charge in [0.05, 0.1) is 17.2 Å². The minimum absolute atomic E-state index is 0.0585. The van der Waals surface area contributed by atoms with Gasteiger partial charge in [0.15, 0.2) is 0 Å². The number of fused-ring (bicyclic) bond motifs is 2. The smallest absolute Gasteiger partial charge is 0.0831 e. The first-order valence-corrected chi connectivity index (χ1v) is 12.0. The predicted molar refractivity (Wildman–Crippen MR) is 142 cm³/mol. The number of hydrogen-bond donors (Lipinski definition) is 3. The zero-order chi connectivity index (χ0) is 24.2. The van der Waals surface area contributed by atoms with Crippen LogP contribution in [0, 0.1) is 32.6 Å². The van der Waals surface area contributed by atoms with Gasteiger partial charge in [-0.3, -0.25) is 0 Å². The molecule has 1 aromatic heterocycles. The number of aromatic amines is 1. The molecule has 0 aliphatic carbocycles. The van der Waals surface area contributed by atoms with Crippen molar-refractivity contribution in [3.05, 3.63) is 88.1 Å². The Morgan fingerprint density at radius 3 is 2.38 bits per heavy atom. The highest BCUT2D eigenvalue weighted by molar-refractivity contribution is 5.98. The molecule has 1 aliphatic rings. The number of anilines is 1. The molecule has 0 bridgehead atoms. The largest absolute Gasteiger partial charge is 0.390 e. The maximum absolute atomic E-state index is 11.2. The molecule has 0 fully saturated rings. The Hall–Kier alpha value is -3.48. The van der Waals surface area contributed by atoms with Crippen LogP contribution in [0.4, 0.5) is 5.69 Å². The van der Waals surface area contributed by atoms with Crippen molar-refractivity contribution in [2.45, 2.75) is 59.1 Å². The lowest BCUT2D eigenvalue weighted by Crippen LogP contribution is -2.50. The molecule has 2 heterocycles. The average molecular weight is 449 g/mol. The van der Waals surface area contributed by atoms with Crippen molar-refractivity contribution < 1.29 is 5.11 Å². The second-order valence-corrected chi connectivity index (χ2v) is 10.3. The first-order chi connectivity index (χ1) is 16.2. The summed E-state index contributed by atoms with van der Waals surface area (Å²) < 4.78 is 0. The molecule has 0 unspecified atom stereocenters. The summed E-state index contributed by atoms with van der Waals surface area (Å²) in [6, 6.07) is 17.0. The van der Waals surface area contributed by atoms with E-state index in [1.807, 2.05) is 0 Å². The molecule has 0 radical (unpaired) electrons. The standard InChI is InChI=1S/C31H32N2O/c1-18-10-12-22(13-11-18)14-15-24-26(25-9-7-8-23-20(3)17-32-29(23)25)16-19(2)28-27(24)21(4)30(34)31(5,6)33-28/h7-13,16-17,21,30,32-34H,1-6H3/t21-,30+/m0/s1. The number of rotatable bonds is 1. The van der Waals surface area contributed by atoms with Crippen molar-refractivity contribution >= 4 is 16.6 Å². The van der Waals surface area contributed by atoms with Gasteiger partial charge in [-0.2, -0.15) is 0 Å². The van der Waals surface area contributed by atoms with E-state index in [2.05, 4.69) is 118 Å². The van der Waals surface area contributed by atoms with E-state index in [-0.39, 0.29) is 5.92 Å². The third-order valence-corrected chi connectivity index (χ3v) is 7.27. The van der Waals surface area contributed by atoms with Gasteiger partial charge in [0.2, 0.25) is 0 Å². The van der Waals surface area contributed by atoms with Crippen LogP contribution in [0.5, 0.6) is 0 Å². The van der Waals surface area contributed by atoms with Crippen molar-refractivity contribution in [1.82, 2.24) is 4.98 Å². The molecular formula is C31H32N2O. The van der Waals surface area contributed by atoms with Gasteiger partial charge in [-0.15, -0.1) is 0 Å². The van der Waals surface area contributed by atoms with E-state index in [0.717, 1.165) is 44.6 Å². The molecule has 3 heteroatoms. The van der Waals surface area contributed by atoms with E-state index in [4.69, 9.17) is 0 Å². The number of aryl methyl sites for hydroxylation is 3. The van der Waals surface area contributed by atoms with Crippen LogP contribution in [0.3, 0.4) is 0 Å². The number of para-hydroxylation sites is 1. The first kappa shape index (κ1) is 22.3. The molecule has 0 spiro atoms. The number of benzene rings is 3. The molecule has 34 heavy (non-hydrogen) atoms. The lowest BCUT2D eigenvalue weighted by atomic mass is 9.75. The fraction of sp³-hybridized carbons (Fsp3) is 0.290. The summed E-state index contributed by atoms with van der Waals surface area (Å²) in [5.41, 5.74) is 10.7. The molecule has 3 aromatic carbocycles. The Morgan fingerprint density at radius 1 is 0.912 bits per heavy atom. The van der Waals surface area contributed by atoms with Crippen molar-refractivity contribution in [2.75, 3.05) is 5.32 Å². The lowest BCUT2D eigenvalue weighted by Gasteiger charge is -2.43. The fourth-order valence-corrected chi connectivity index (χ4v) is 5.28. The van der Waals surface area contributed by atoms with Gasteiger partial charge in [-0.1, -0.05) is 54.7 Å². The van der Waals surface area contributed by atoms with Gasteiger partial charge >= 0.3 is 0 Å². The summed E-state index contributed by atoms with van der Waals surface area (Å²) in [6.45, 7) is 12.6. The van der Waals surface area contributed by atoms with Crippen LogP contribution < -0.4 is 5.32 Å². The summed E-state index contributed by atoms with van der Waals surface area (Å²) in [5, 5.41) is 16.0. The Balaban J connectivity index is 1.82. The Bertz CT molecular complexity index is 1460. The van der Waals surface area contributed by atoms with Crippen LogP contribution in [-0.4, -0.2) is 21.7 Å². The van der Waals surface area contributed by atoms with E-state index < -0.39 is 11.6 Å². The minimum atomic E-state index is -0.530. The van der Waals surface area contributed by atoms with Crippen LogP contribution >= 0.6 is 0 Å². The van der Waals surface area contributed by atoms with E-state index in [9.17, 15) is 5.11 Å². The fourth-order valence-electron chi connectivity index (χ4n) is 5.28. The lowest BCUT2D eigenvalue weighted by molar-refractivity contribution is 0.0868. The van der Waals surface area contributed by atoms with Gasteiger partial charge in [-0.05, 0) is 69.5 Å². The van der Waals surface area contributed by atoms with E-state index in [1.54, 1.807) is 0 Å². The molecule has 1 aliphatic heterocycles. The SMILES string of the molecule is Cc1ccc(C#Cc2c(-c3cccc4c(C)c[nH]c34)cc(C)c3c2[C@H](C)[C@@H](O)C(C)(C)N3)cc1. The quantitative estimate of drug-likeness (QED) is 0.280. The highest BCUT2D eigenvalue weighted by atomic mass is 16.3. The van der Waals surface area contributed by atoms with Crippen LogP contribution in [0.15, 0.2) is 54.7 Å². The van der Waals surface area contributed by atoms with Gasteiger partial charge in [0.1, 0.15) is 0 Å². The first-order valence-electron chi connectivity index (χ1n) is 12.0. The van der Waals surface area contributed by atoms with Gasteiger partial charge in [0, 0.05) is 45.4 Å². The zero-order valence-corrected chi connectivity index (χ0v) is 20.8. The number of aromatic nitrogens is 1. The topological polar surface area (TPSA) is 48.0 Å². The Morgan fingerprint density at radius 2 is 1.65 bits per heavy atom. The second kappa shape index (κ2) is 8.08. The van der Waals surface area contributed by atoms with E-state index in [1.165, 1.54) is 16.5 Å². The molecule has 3 nitrogen and oxygen atoms in total. The van der Waals surface area contributed by atoms with Crippen LogP contribution in [0.2, 0.25) is 0 Å². The predicted octanol–water partition coefficient (Wildman–Crippen LogP) is 6.83. The maximum Gasteiger partial charge on any atom is 0.0831 e. The monoisotopic (exact) mass is 448 g/mol. The Labute approximate surface area is 202 Å². The molecule has 3 N–H and O–H groups in total.